The van der Waals surface area contributed by atoms with E-state index < -0.39 is 6.10 Å². The van der Waals surface area contributed by atoms with Gasteiger partial charge in [-0.1, -0.05) is 29.3 Å². The second-order valence-corrected chi connectivity index (χ2v) is 5.57. The molecule has 1 N–H and O–H groups in total. The van der Waals surface area contributed by atoms with Crippen LogP contribution in [0.2, 0.25) is 10.0 Å². The van der Waals surface area contributed by atoms with Crippen LogP contribution in [0.1, 0.15) is 43.8 Å². The summed E-state index contributed by atoms with van der Waals surface area (Å²) in [6.07, 6.45) is 4.89. The molecule has 2 rings (SSSR count). The minimum absolute atomic E-state index is 0.302. The van der Waals surface area contributed by atoms with Crippen LogP contribution in [0.5, 0.6) is 0 Å². The van der Waals surface area contributed by atoms with E-state index in [0.717, 1.165) is 31.4 Å². The van der Waals surface area contributed by atoms with Crippen molar-refractivity contribution in [1.29, 1.82) is 0 Å². The smallest absolute Gasteiger partial charge is 0.0791 e. The third kappa shape index (κ3) is 3.86. The molecule has 1 fully saturated rings. The maximum atomic E-state index is 10.1. The normalized spacial score (nSPS) is 21.8. The van der Waals surface area contributed by atoms with Gasteiger partial charge in [-0.25, -0.2) is 0 Å². The molecule has 0 aromatic heterocycles. The summed E-state index contributed by atoms with van der Waals surface area (Å²) in [4.78, 5) is 0. The summed E-state index contributed by atoms with van der Waals surface area (Å²) in [6.45, 7) is 0.855. The van der Waals surface area contributed by atoms with Crippen molar-refractivity contribution in [3.05, 3.63) is 33.8 Å². The Hall–Kier alpha value is -0.280. The lowest BCUT2D eigenvalue weighted by Gasteiger charge is -2.23. The van der Waals surface area contributed by atoms with Crippen LogP contribution in [0.3, 0.4) is 0 Å². The number of halogens is 2. The van der Waals surface area contributed by atoms with Crippen LogP contribution in [-0.2, 0) is 4.74 Å². The lowest BCUT2D eigenvalue weighted by atomic mass is 9.99. The first kappa shape index (κ1) is 14.1. The van der Waals surface area contributed by atoms with E-state index in [1.54, 1.807) is 12.1 Å². The van der Waals surface area contributed by atoms with Crippen LogP contribution < -0.4 is 0 Å². The van der Waals surface area contributed by atoms with Crippen LogP contribution in [0, 0.1) is 0 Å². The molecule has 1 aromatic carbocycles. The van der Waals surface area contributed by atoms with Gasteiger partial charge in [0.05, 0.1) is 22.3 Å². The topological polar surface area (TPSA) is 29.5 Å². The zero-order chi connectivity index (χ0) is 13.0. The average Bonchev–Trinajstić information content (AvgIpc) is 2.40. The third-order valence-electron chi connectivity index (χ3n) is 3.36. The molecule has 0 aliphatic carbocycles. The second-order valence-electron chi connectivity index (χ2n) is 4.76. The molecule has 4 heteroatoms. The number of benzene rings is 1. The number of hydrogen-bond donors (Lipinski definition) is 1. The van der Waals surface area contributed by atoms with Crippen molar-refractivity contribution >= 4 is 23.2 Å². The minimum Gasteiger partial charge on any atom is -0.388 e. The first-order valence-electron chi connectivity index (χ1n) is 6.41. The Morgan fingerprint density at radius 1 is 1.28 bits per heavy atom. The summed E-state index contributed by atoms with van der Waals surface area (Å²) in [6, 6.07) is 5.27. The summed E-state index contributed by atoms with van der Waals surface area (Å²) in [5.74, 6) is 0. The van der Waals surface area contributed by atoms with Gasteiger partial charge < -0.3 is 9.84 Å². The molecule has 1 heterocycles. The predicted molar refractivity (Wildman–Crippen MR) is 74.2 cm³/mol. The molecular formula is C14H18Cl2O2. The van der Waals surface area contributed by atoms with Crippen LogP contribution in [0.15, 0.2) is 18.2 Å². The van der Waals surface area contributed by atoms with Gasteiger partial charge in [-0.15, -0.1) is 0 Å². The van der Waals surface area contributed by atoms with E-state index >= 15 is 0 Å². The Labute approximate surface area is 118 Å². The van der Waals surface area contributed by atoms with E-state index in [2.05, 4.69) is 0 Å². The largest absolute Gasteiger partial charge is 0.388 e. The fourth-order valence-corrected chi connectivity index (χ4v) is 2.57. The van der Waals surface area contributed by atoms with E-state index in [4.69, 9.17) is 27.9 Å². The molecule has 1 aliphatic rings. The van der Waals surface area contributed by atoms with Crippen molar-refractivity contribution in [1.82, 2.24) is 0 Å². The maximum absolute atomic E-state index is 10.1. The van der Waals surface area contributed by atoms with Gasteiger partial charge in [0.1, 0.15) is 0 Å². The summed E-state index contributed by atoms with van der Waals surface area (Å²) >= 11 is 11.8. The molecule has 2 unspecified atom stereocenters. The standard InChI is InChI=1S/C14H18Cl2O2/c15-12-6-4-10(9-13(12)16)14(17)7-5-11-3-1-2-8-18-11/h4,6,9,11,14,17H,1-3,5,7-8H2. The molecular weight excluding hydrogens is 271 g/mol. The first-order valence-corrected chi connectivity index (χ1v) is 7.17. The van der Waals surface area contributed by atoms with Gasteiger partial charge in [0.2, 0.25) is 0 Å². The van der Waals surface area contributed by atoms with Crippen molar-refractivity contribution in [2.45, 2.75) is 44.3 Å². The monoisotopic (exact) mass is 288 g/mol. The zero-order valence-electron chi connectivity index (χ0n) is 10.2. The highest BCUT2D eigenvalue weighted by Crippen LogP contribution is 2.28. The van der Waals surface area contributed by atoms with Crippen LogP contribution in [0.25, 0.3) is 0 Å². The number of ether oxygens (including phenoxy) is 1. The lowest BCUT2D eigenvalue weighted by Crippen LogP contribution is -2.19. The number of hydrogen-bond acceptors (Lipinski definition) is 2. The molecule has 100 valence electrons. The van der Waals surface area contributed by atoms with Crippen molar-refractivity contribution in [3.8, 4) is 0 Å². The highest BCUT2D eigenvalue weighted by molar-refractivity contribution is 6.42. The van der Waals surface area contributed by atoms with Crippen molar-refractivity contribution in [2.24, 2.45) is 0 Å². The third-order valence-corrected chi connectivity index (χ3v) is 4.10. The summed E-state index contributed by atoms with van der Waals surface area (Å²) in [7, 11) is 0. The molecule has 1 aliphatic heterocycles. The molecule has 18 heavy (non-hydrogen) atoms. The second kappa shape index (κ2) is 6.76. The summed E-state index contributed by atoms with van der Waals surface area (Å²) in [5.41, 5.74) is 0.820. The Balaban J connectivity index is 1.86. The molecule has 1 saturated heterocycles. The Bertz CT molecular complexity index is 389. The predicted octanol–water partition coefficient (Wildman–Crippen LogP) is 4.38. The molecule has 1 aromatic rings. The van der Waals surface area contributed by atoms with E-state index in [1.165, 1.54) is 6.42 Å². The summed E-state index contributed by atoms with van der Waals surface area (Å²) in [5, 5.41) is 11.1. The summed E-state index contributed by atoms with van der Waals surface area (Å²) < 4.78 is 5.65. The van der Waals surface area contributed by atoms with Gasteiger partial charge in [-0.05, 0) is 49.8 Å². The van der Waals surface area contributed by atoms with Gasteiger partial charge in [-0.2, -0.15) is 0 Å². The Morgan fingerprint density at radius 2 is 2.11 bits per heavy atom. The molecule has 2 atom stereocenters. The van der Waals surface area contributed by atoms with Crippen molar-refractivity contribution in [2.75, 3.05) is 6.61 Å². The van der Waals surface area contributed by atoms with Crippen LogP contribution in [-0.4, -0.2) is 17.8 Å². The van der Waals surface area contributed by atoms with Crippen molar-refractivity contribution in [3.63, 3.8) is 0 Å². The highest BCUT2D eigenvalue weighted by atomic mass is 35.5. The van der Waals surface area contributed by atoms with Gasteiger partial charge in [0.15, 0.2) is 0 Å². The van der Waals surface area contributed by atoms with Gasteiger partial charge in [0.25, 0.3) is 0 Å². The molecule has 0 spiro atoms. The Kier molecular flexibility index (Phi) is 5.31. The highest BCUT2D eigenvalue weighted by Gasteiger charge is 2.16. The van der Waals surface area contributed by atoms with E-state index in [9.17, 15) is 5.11 Å². The van der Waals surface area contributed by atoms with E-state index in [1.807, 2.05) is 6.07 Å². The van der Waals surface area contributed by atoms with Crippen molar-refractivity contribution < 1.29 is 9.84 Å². The number of aliphatic hydroxyl groups excluding tert-OH is 1. The van der Waals surface area contributed by atoms with Crippen LogP contribution in [0.4, 0.5) is 0 Å². The van der Waals surface area contributed by atoms with Gasteiger partial charge in [0, 0.05) is 6.61 Å². The minimum atomic E-state index is -0.495. The number of rotatable bonds is 4. The molecule has 0 saturated carbocycles. The fraction of sp³-hybridized carbons (Fsp3) is 0.571. The number of aliphatic hydroxyl groups is 1. The zero-order valence-corrected chi connectivity index (χ0v) is 11.8. The molecule has 0 amide bonds. The van der Waals surface area contributed by atoms with E-state index in [0.29, 0.717) is 22.6 Å². The molecule has 0 bridgehead atoms. The lowest BCUT2D eigenvalue weighted by molar-refractivity contribution is 0.00213. The quantitative estimate of drug-likeness (QED) is 0.891. The molecule has 0 radical (unpaired) electrons. The van der Waals surface area contributed by atoms with E-state index in [-0.39, 0.29) is 0 Å². The average molecular weight is 289 g/mol. The fourth-order valence-electron chi connectivity index (χ4n) is 2.27. The van der Waals surface area contributed by atoms with Gasteiger partial charge in [-0.3, -0.25) is 0 Å². The Morgan fingerprint density at radius 3 is 2.78 bits per heavy atom. The maximum Gasteiger partial charge on any atom is 0.0791 e. The SMILES string of the molecule is OC(CCC1CCCCO1)c1ccc(Cl)c(Cl)c1. The first-order chi connectivity index (χ1) is 8.66. The van der Waals surface area contributed by atoms with Gasteiger partial charge >= 0.3 is 0 Å². The van der Waals surface area contributed by atoms with Crippen LogP contribution >= 0.6 is 23.2 Å². The molecule has 2 nitrogen and oxygen atoms in total.